The van der Waals surface area contributed by atoms with Gasteiger partial charge in [0.2, 0.25) is 0 Å². The van der Waals surface area contributed by atoms with Crippen molar-refractivity contribution in [2.75, 3.05) is 25.2 Å². The van der Waals surface area contributed by atoms with E-state index in [1.165, 1.54) is 5.56 Å². The molecule has 0 N–H and O–H groups in total. The van der Waals surface area contributed by atoms with Crippen LogP contribution in [0, 0.1) is 6.92 Å². The molecule has 2 aromatic rings. The van der Waals surface area contributed by atoms with Crippen molar-refractivity contribution in [2.45, 2.75) is 33.1 Å². The molecule has 5 heteroatoms. The Morgan fingerprint density at radius 3 is 2.52 bits per heavy atom. The topological polar surface area (TPSA) is 55.8 Å². The van der Waals surface area contributed by atoms with Crippen molar-refractivity contribution in [2.24, 2.45) is 0 Å². The molecule has 0 saturated carbocycles. The van der Waals surface area contributed by atoms with Crippen LogP contribution in [0.2, 0.25) is 0 Å². The van der Waals surface area contributed by atoms with Gasteiger partial charge in [0, 0.05) is 18.5 Å². The molecule has 0 radical (unpaired) electrons. The Morgan fingerprint density at radius 1 is 1.11 bits per heavy atom. The molecule has 1 aliphatic heterocycles. The van der Waals surface area contributed by atoms with E-state index in [9.17, 15) is 9.59 Å². The molecule has 0 unspecified atom stereocenters. The van der Waals surface area contributed by atoms with Crippen LogP contribution < -0.4 is 14.4 Å². The fourth-order valence-corrected chi connectivity index (χ4v) is 3.43. The van der Waals surface area contributed by atoms with Gasteiger partial charge in [-0.2, -0.15) is 0 Å². The van der Waals surface area contributed by atoms with Crippen molar-refractivity contribution in [3.8, 4) is 11.5 Å². The number of hydrogen-bond acceptors (Lipinski definition) is 4. The van der Waals surface area contributed by atoms with E-state index in [2.05, 4.69) is 6.92 Å². The Labute approximate surface area is 159 Å². The number of aryl methyl sites for hydroxylation is 1. The van der Waals surface area contributed by atoms with E-state index in [1.807, 2.05) is 19.1 Å². The van der Waals surface area contributed by atoms with E-state index in [-0.39, 0.29) is 18.3 Å². The minimum Gasteiger partial charge on any atom is -0.495 e. The van der Waals surface area contributed by atoms with Gasteiger partial charge in [-0.25, -0.2) is 0 Å². The molecule has 0 fully saturated rings. The molecule has 3 rings (SSSR count). The zero-order chi connectivity index (χ0) is 19.4. The SMILES string of the molecule is CCC(=O)c1ccc(OCC(=O)N2CCCc3c(C)ccc(OC)c32)cc1. The highest BCUT2D eigenvalue weighted by molar-refractivity contribution is 5.98. The lowest BCUT2D eigenvalue weighted by Gasteiger charge is -2.32. The summed E-state index contributed by atoms with van der Waals surface area (Å²) in [5.74, 6) is 1.27. The Bertz CT molecular complexity index is 842. The van der Waals surface area contributed by atoms with Crippen molar-refractivity contribution in [3.05, 3.63) is 53.1 Å². The third-order valence-corrected chi connectivity index (χ3v) is 4.94. The maximum atomic E-state index is 12.8. The molecule has 5 nitrogen and oxygen atoms in total. The van der Waals surface area contributed by atoms with Crippen molar-refractivity contribution in [3.63, 3.8) is 0 Å². The van der Waals surface area contributed by atoms with Crippen LogP contribution in [0.15, 0.2) is 36.4 Å². The first-order valence-electron chi connectivity index (χ1n) is 9.28. The van der Waals surface area contributed by atoms with Crippen LogP contribution in [0.1, 0.15) is 41.3 Å². The highest BCUT2D eigenvalue weighted by Crippen LogP contribution is 2.38. The van der Waals surface area contributed by atoms with E-state index in [1.54, 1.807) is 36.3 Å². The summed E-state index contributed by atoms with van der Waals surface area (Å²) < 4.78 is 11.2. The van der Waals surface area contributed by atoms with Gasteiger partial charge in [-0.05, 0) is 61.2 Å². The Morgan fingerprint density at radius 2 is 1.85 bits per heavy atom. The van der Waals surface area contributed by atoms with Crippen molar-refractivity contribution < 1.29 is 19.1 Å². The van der Waals surface area contributed by atoms with Gasteiger partial charge in [-0.3, -0.25) is 9.59 Å². The maximum Gasteiger partial charge on any atom is 0.265 e. The molecule has 2 aromatic carbocycles. The summed E-state index contributed by atoms with van der Waals surface area (Å²) in [7, 11) is 1.62. The summed E-state index contributed by atoms with van der Waals surface area (Å²) in [6.45, 7) is 4.48. The molecule has 0 atom stereocenters. The monoisotopic (exact) mass is 367 g/mol. The number of fused-ring (bicyclic) bond motifs is 1. The van der Waals surface area contributed by atoms with E-state index in [0.717, 1.165) is 24.1 Å². The number of benzene rings is 2. The summed E-state index contributed by atoms with van der Waals surface area (Å²) in [5.41, 5.74) is 3.85. The van der Waals surface area contributed by atoms with Gasteiger partial charge in [0.1, 0.15) is 11.5 Å². The van der Waals surface area contributed by atoms with Crippen molar-refractivity contribution >= 4 is 17.4 Å². The van der Waals surface area contributed by atoms with Gasteiger partial charge in [-0.1, -0.05) is 13.0 Å². The smallest absolute Gasteiger partial charge is 0.265 e. The number of methoxy groups -OCH3 is 1. The number of Topliss-reactive ketones (excluding diaryl/α,β-unsaturated/α-hetero) is 1. The molecule has 27 heavy (non-hydrogen) atoms. The van der Waals surface area contributed by atoms with Crippen molar-refractivity contribution in [1.29, 1.82) is 0 Å². The second-order valence-corrected chi connectivity index (χ2v) is 6.65. The van der Waals surface area contributed by atoms with Crippen LogP contribution in [0.5, 0.6) is 11.5 Å². The molecular weight excluding hydrogens is 342 g/mol. The number of rotatable bonds is 6. The van der Waals surface area contributed by atoms with Crippen LogP contribution in [0.3, 0.4) is 0 Å². The number of nitrogens with zero attached hydrogens (tertiary/aromatic N) is 1. The number of carbonyl (C=O) groups excluding carboxylic acids is 2. The van der Waals surface area contributed by atoms with Gasteiger partial charge in [-0.15, -0.1) is 0 Å². The van der Waals surface area contributed by atoms with Crippen LogP contribution in [-0.4, -0.2) is 32.0 Å². The number of carbonyl (C=O) groups is 2. The summed E-state index contributed by atoms with van der Waals surface area (Å²) >= 11 is 0. The van der Waals surface area contributed by atoms with Gasteiger partial charge in [0.25, 0.3) is 5.91 Å². The number of ketones is 1. The zero-order valence-corrected chi connectivity index (χ0v) is 16.1. The fraction of sp³-hybridized carbons (Fsp3) is 0.364. The Hall–Kier alpha value is -2.82. The Balaban J connectivity index is 1.73. The van der Waals surface area contributed by atoms with Gasteiger partial charge < -0.3 is 14.4 Å². The van der Waals surface area contributed by atoms with Crippen LogP contribution >= 0.6 is 0 Å². The number of amides is 1. The van der Waals surface area contributed by atoms with Crippen LogP contribution in [0.4, 0.5) is 5.69 Å². The largest absolute Gasteiger partial charge is 0.495 e. The number of anilines is 1. The lowest BCUT2D eigenvalue weighted by molar-refractivity contribution is -0.120. The van der Waals surface area contributed by atoms with Gasteiger partial charge in [0.05, 0.1) is 12.8 Å². The quantitative estimate of drug-likeness (QED) is 0.726. The molecule has 0 saturated heterocycles. The fourth-order valence-electron chi connectivity index (χ4n) is 3.43. The number of ether oxygens (including phenoxy) is 2. The van der Waals surface area contributed by atoms with Crippen LogP contribution in [0.25, 0.3) is 0 Å². The van der Waals surface area contributed by atoms with Gasteiger partial charge in [0.15, 0.2) is 12.4 Å². The lowest BCUT2D eigenvalue weighted by atomic mass is 9.96. The molecular formula is C22H25NO4. The maximum absolute atomic E-state index is 12.8. The third-order valence-electron chi connectivity index (χ3n) is 4.94. The predicted octanol–water partition coefficient (Wildman–Crippen LogP) is 3.95. The molecule has 1 aliphatic rings. The normalized spacial score (nSPS) is 13.1. The number of hydrogen-bond donors (Lipinski definition) is 0. The minimum atomic E-state index is -0.103. The molecule has 0 aliphatic carbocycles. The van der Waals surface area contributed by atoms with Crippen LogP contribution in [-0.2, 0) is 11.2 Å². The first kappa shape index (κ1) is 19.0. The zero-order valence-electron chi connectivity index (χ0n) is 16.1. The first-order chi connectivity index (χ1) is 13.0. The molecule has 0 aromatic heterocycles. The molecule has 1 heterocycles. The second kappa shape index (κ2) is 8.25. The van der Waals surface area contributed by atoms with E-state index >= 15 is 0 Å². The summed E-state index contributed by atoms with van der Waals surface area (Å²) in [6.07, 6.45) is 2.32. The highest BCUT2D eigenvalue weighted by atomic mass is 16.5. The first-order valence-corrected chi connectivity index (χ1v) is 9.28. The van der Waals surface area contributed by atoms with E-state index in [4.69, 9.17) is 9.47 Å². The summed E-state index contributed by atoms with van der Waals surface area (Å²) in [4.78, 5) is 26.3. The second-order valence-electron chi connectivity index (χ2n) is 6.65. The molecule has 0 spiro atoms. The molecule has 1 amide bonds. The third kappa shape index (κ3) is 3.97. The minimum absolute atomic E-state index is 0.0579. The van der Waals surface area contributed by atoms with E-state index in [0.29, 0.717) is 30.0 Å². The predicted molar refractivity (Wildman–Crippen MR) is 105 cm³/mol. The van der Waals surface area contributed by atoms with E-state index < -0.39 is 0 Å². The standard InChI is InChI=1S/C22H25NO4/c1-4-19(24)16-8-10-17(11-9-16)27-14-21(25)23-13-5-6-18-15(2)7-12-20(26-3)22(18)23/h7-12H,4-6,13-14H2,1-3H3. The highest BCUT2D eigenvalue weighted by Gasteiger charge is 2.27. The lowest BCUT2D eigenvalue weighted by Crippen LogP contribution is -2.39. The average molecular weight is 367 g/mol. The summed E-state index contributed by atoms with van der Waals surface area (Å²) in [5, 5.41) is 0. The Kier molecular flexibility index (Phi) is 5.79. The van der Waals surface area contributed by atoms with Crippen molar-refractivity contribution in [1.82, 2.24) is 0 Å². The average Bonchev–Trinajstić information content (AvgIpc) is 2.72. The van der Waals surface area contributed by atoms with Gasteiger partial charge >= 0.3 is 0 Å². The molecule has 142 valence electrons. The summed E-state index contributed by atoms with van der Waals surface area (Å²) in [6, 6.07) is 10.9. The molecule has 0 bridgehead atoms.